The number of hydrogen-bond donors (Lipinski definition) is 0. The standard InChI is InChI=1S/C24H31N3O3/c1-16-8-7-13-25-18(16)14-26(2)22(28)20-19-11-12-24(30-19)15-27(23(29)21(20)24)17-9-5-3-4-6-10-17/h7-8,11-13,17,19-21H,3-6,9-10,14-15H2,1-2H3/t19-,20?,21?,24-/m0/s1. The molecule has 1 aromatic heterocycles. The zero-order valence-corrected chi connectivity index (χ0v) is 17.9. The fourth-order valence-corrected chi connectivity index (χ4v) is 5.93. The molecule has 2 bridgehead atoms. The molecule has 1 aliphatic carbocycles. The van der Waals surface area contributed by atoms with Crippen molar-refractivity contribution >= 4 is 11.8 Å². The third-order valence-corrected chi connectivity index (χ3v) is 7.56. The van der Waals surface area contributed by atoms with Crippen LogP contribution in [0.1, 0.15) is 49.8 Å². The monoisotopic (exact) mass is 409 g/mol. The smallest absolute Gasteiger partial charge is 0.230 e. The van der Waals surface area contributed by atoms with Gasteiger partial charge in [-0.1, -0.05) is 43.9 Å². The predicted molar refractivity (Wildman–Crippen MR) is 112 cm³/mol. The van der Waals surface area contributed by atoms with E-state index in [9.17, 15) is 9.59 Å². The first-order valence-electron chi connectivity index (χ1n) is 11.3. The molecule has 4 aliphatic rings. The van der Waals surface area contributed by atoms with Gasteiger partial charge in [-0.25, -0.2) is 0 Å². The molecule has 2 saturated heterocycles. The Bertz CT molecular complexity index is 876. The molecule has 0 aromatic carbocycles. The van der Waals surface area contributed by atoms with E-state index in [0.717, 1.165) is 24.1 Å². The van der Waals surface area contributed by atoms with Crippen molar-refractivity contribution in [3.8, 4) is 0 Å². The van der Waals surface area contributed by atoms with E-state index < -0.39 is 17.4 Å². The Hall–Kier alpha value is -2.21. The molecule has 1 saturated carbocycles. The minimum Gasteiger partial charge on any atom is -0.360 e. The van der Waals surface area contributed by atoms with E-state index in [1.165, 1.54) is 25.7 Å². The van der Waals surface area contributed by atoms with Gasteiger partial charge in [-0.05, 0) is 31.4 Å². The lowest BCUT2D eigenvalue weighted by Crippen LogP contribution is -2.45. The van der Waals surface area contributed by atoms with E-state index in [1.54, 1.807) is 18.1 Å². The molecule has 6 heteroatoms. The van der Waals surface area contributed by atoms with Gasteiger partial charge >= 0.3 is 0 Å². The van der Waals surface area contributed by atoms with Crippen LogP contribution in [0.3, 0.4) is 0 Å². The van der Waals surface area contributed by atoms with Gasteiger partial charge in [-0.2, -0.15) is 0 Å². The number of carbonyl (C=O) groups excluding carboxylic acids is 2. The van der Waals surface area contributed by atoms with E-state index in [1.807, 2.05) is 30.0 Å². The maximum Gasteiger partial charge on any atom is 0.230 e. The molecule has 3 aliphatic heterocycles. The Morgan fingerprint density at radius 3 is 2.80 bits per heavy atom. The Morgan fingerprint density at radius 2 is 2.07 bits per heavy atom. The number of pyridine rings is 1. The molecular formula is C24H31N3O3. The Balaban J connectivity index is 1.36. The predicted octanol–water partition coefficient (Wildman–Crippen LogP) is 2.85. The number of ether oxygens (including phenoxy) is 1. The lowest BCUT2D eigenvalue weighted by Gasteiger charge is -2.30. The molecule has 1 aromatic rings. The second-order valence-corrected chi connectivity index (χ2v) is 9.47. The van der Waals surface area contributed by atoms with Gasteiger partial charge in [0.25, 0.3) is 0 Å². The molecule has 4 heterocycles. The summed E-state index contributed by atoms with van der Waals surface area (Å²) < 4.78 is 6.33. The average Bonchev–Trinajstić information content (AvgIpc) is 3.29. The number of fused-ring (bicyclic) bond motifs is 1. The van der Waals surface area contributed by atoms with Crippen LogP contribution in [0.25, 0.3) is 0 Å². The van der Waals surface area contributed by atoms with Crippen molar-refractivity contribution in [2.24, 2.45) is 11.8 Å². The summed E-state index contributed by atoms with van der Waals surface area (Å²) in [4.78, 5) is 35.2. The molecule has 4 atom stereocenters. The molecule has 0 N–H and O–H groups in total. The van der Waals surface area contributed by atoms with Gasteiger partial charge in [0.1, 0.15) is 5.60 Å². The summed E-state index contributed by atoms with van der Waals surface area (Å²) in [7, 11) is 1.81. The molecule has 30 heavy (non-hydrogen) atoms. The molecule has 3 fully saturated rings. The molecule has 160 valence electrons. The molecular weight excluding hydrogens is 378 g/mol. The minimum absolute atomic E-state index is 0.0163. The highest BCUT2D eigenvalue weighted by molar-refractivity contribution is 5.93. The SMILES string of the molecule is Cc1cccnc1CN(C)C(=O)C1C2C(=O)N(C3CCCCCC3)C[C@@]23C=C[C@@H]1O3. The third-order valence-electron chi connectivity index (χ3n) is 7.56. The second kappa shape index (κ2) is 7.49. The highest BCUT2D eigenvalue weighted by Gasteiger charge is 2.67. The summed E-state index contributed by atoms with van der Waals surface area (Å²) in [6.07, 6.45) is 12.5. The lowest BCUT2D eigenvalue weighted by atomic mass is 9.76. The average molecular weight is 410 g/mol. The van der Waals surface area contributed by atoms with Gasteiger partial charge in [-0.15, -0.1) is 0 Å². The molecule has 5 rings (SSSR count). The third kappa shape index (κ3) is 3.08. The number of likely N-dealkylation sites (tertiary alicyclic amines) is 1. The van der Waals surface area contributed by atoms with E-state index in [-0.39, 0.29) is 17.9 Å². The van der Waals surface area contributed by atoms with Gasteiger partial charge in [0.2, 0.25) is 11.8 Å². The van der Waals surface area contributed by atoms with E-state index in [2.05, 4.69) is 11.1 Å². The molecule has 0 radical (unpaired) electrons. The Labute approximate surface area is 178 Å². The summed E-state index contributed by atoms with van der Waals surface area (Å²) in [6, 6.07) is 4.20. The van der Waals surface area contributed by atoms with Crippen molar-refractivity contribution in [1.29, 1.82) is 0 Å². The van der Waals surface area contributed by atoms with Gasteiger partial charge in [0.05, 0.1) is 36.7 Å². The van der Waals surface area contributed by atoms with Crippen molar-refractivity contribution in [3.05, 3.63) is 41.7 Å². The molecule has 2 amide bonds. The number of amides is 2. The lowest BCUT2D eigenvalue weighted by molar-refractivity contribution is -0.143. The van der Waals surface area contributed by atoms with Gasteiger partial charge in [-0.3, -0.25) is 14.6 Å². The van der Waals surface area contributed by atoms with Crippen LogP contribution in [0.2, 0.25) is 0 Å². The number of aromatic nitrogens is 1. The summed E-state index contributed by atoms with van der Waals surface area (Å²) in [5.41, 5.74) is 1.34. The van der Waals surface area contributed by atoms with E-state index >= 15 is 0 Å². The molecule has 6 nitrogen and oxygen atoms in total. The second-order valence-electron chi connectivity index (χ2n) is 9.47. The van der Waals surface area contributed by atoms with Crippen molar-refractivity contribution in [3.63, 3.8) is 0 Å². The van der Waals surface area contributed by atoms with Gasteiger partial charge in [0, 0.05) is 19.3 Å². The van der Waals surface area contributed by atoms with E-state index in [0.29, 0.717) is 19.1 Å². The fourth-order valence-electron chi connectivity index (χ4n) is 5.93. The van der Waals surface area contributed by atoms with Crippen LogP contribution >= 0.6 is 0 Å². The fraction of sp³-hybridized carbons (Fsp3) is 0.625. The first-order valence-corrected chi connectivity index (χ1v) is 11.3. The summed E-state index contributed by atoms with van der Waals surface area (Å²) in [5, 5.41) is 0. The summed E-state index contributed by atoms with van der Waals surface area (Å²) in [5.74, 6) is -0.727. The van der Waals surface area contributed by atoms with Crippen molar-refractivity contribution in [2.45, 2.75) is 69.7 Å². The Morgan fingerprint density at radius 1 is 1.30 bits per heavy atom. The van der Waals surface area contributed by atoms with Crippen molar-refractivity contribution in [2.75, 3.05) is 13.6 Å². The van der Waals surface area contributed by atoms with Crippen LogP contribution in [0.5, 0.6) is 0 Å². The Kier molecular flexibility index (Phi) is 4.92. The number of hydrogen-bond acceptors (Lipinski definition) is 4. The number of rotatable bonds is 4. The van der Waals surface area contributed by atoms with Crippen molar-refractivity contribution < 1.29 is 14.3 Å². The highest BCUT2D eigenvalue weighted by Crippen LogP contribution is 2.53. The topological polar surface area (TPSA) is 62.7 Å². The van der Waals surface area contributed by atoms with Crippen LogP contribution in [-0.4, -0.2) is 57.9 Å². The van der Waals surface area contributed by atoms with Crippen molar-refractivity contribution in [1.82, 2.24) is 14.8 Å². The van der Waals surface area contributed by atoms with Gasteiger partial charge < -0.3 is 14.5 Å². The molecule has 2 unspecified atom stereocenters. The van der Waals surface area contributed by atoms with Crippen LogP contribution in [-0.2, 0) is 20.9 Å². The zero-order chi connectivity index (χ0) is 20.9. The number of aryl methyl sites for hydroxylation is 1. The van der Waals surface area contributed by atoms with Crippen LogP contribution in [0.15, 0.2) is 30.5 Å². The quantitative estimate of drug-likeness (QED) is 0.567. The normalized spacial score (nSPS) is 33.1. The van der Waals surface area contributed by atoms with Crippen LogP contribution in [0.4, 0.5) is 0 Å². The first kappa shape index (κ1) is 19.7. The maximum atomic E-state index is 13.6. The summed E-state index contributed by atoms with van der Waals surface area (Å²) >= 11 is 0. The minimum atomic E-state index is -0.615. The highest BCUT2D eigenvalue weighted by atomic mass is 16.5. The maximum absolute atomic E-state index is 13.6. The van der Waals surface area contributed by atoms with E-state index in [4.69, 9.17) is 4.74 Å². The largest absolute Gasteiger partial charge is 0.360 e. The van der Waals surface area contributed by atoms with Crippen LogP contribution < -0.4 is 0 Å². The number of carbonyl (C=O) groups is 2. The first-order chi connectivity index (χ1) is 14.5. The number of nitrogens with zero attached hydrogens (tertiary/aromatic N) is 3. The summed E-state index contributed by atoms with van der Waals surface area (Å²) in [6.45, 7) is 3.05. The zero-order valence-electron chi connectivity index (χ0n) is 17.9. The molecule has 1 spiro atoms. The van der Waals surface area contributed by atoms with Gasteiger partial charge in [0.15, 0.2) is 0 Å². The van der Waals surface area contributed by atoms with Crippen LogP contribution in [0, 0.1) is 18.8 Å².